The van der Waals surface area contributed by atoms with Crippen LogP contribution in [0, 0.1) is 0 Å². The predicted molar refractivity (Wildman–Crippen MR) is 115 cm³/mol. The molecule has 4 rings (SSSR count). The number of nitrogens with one attached hydrogen (secondary N) is 2. The molecule has 0 atom stereocenters. The largest absolute Gasteiger partial charge is 0.371 e. The van der Waals surface area contributed by atoms with Gasteiger partial charge < -0.3 is 20.4 Å². The van der Waals surface area contributed by atoms with Crippen molar-refractivity contribution in [2.24, 2.45) is 0 Å². The molecule has 3 amide bonds. The highest BCUT2D eigenvalue weighted by atomic mass is 16.2. The molecule has 2 N–H and O–H groups in total. The number of hydrogen-bond acceptors (Lipinski definition) is 3. The van der Waals surface area contributed by atoms with Gasteiger partial charge in [-0.1, -0.05) is 30.3 Å². The SMILES string of the molecule is O=C(Nc1ccccc1)NC1CCN(c2ccccc2C(=O)N2CCCC2)CC1. The monoisotopic (exact) mass is 392 g/mol. The molecule has 2 saturated heterocycles. The Hall–Kier alpha value is -3.02. The Morgan fingerprint density at radius 3 is 2.21 bits per heavy atom. The Balaban J connectivity index is 1.34. The van der Waals surface area contributed by atoms with Crippen LogP contribution in [0.4, 0.5) is 16.2 Å². The lowest BCUT2D eigenvalue weighted by Crippen LogP contribution is -2.46. The van der Waals surface area contributed by atoms with E-state index >= 15 is 0 Å². The fourth-order valence-corrected chi connectivity index (χ4v) is 4.16. The lowest BCUT2D eigenvalue weighted by Gasteiger charge is -2.35. The van der Waals surface area contributed by atoms with E-state index in [4.69, 9.17) is 0 Å². The smallest absolute Gasteiger partial charge is 0.319 e. The number of carbonyl (C=O) groups excluding carboxylic acids is 2. The van der Waals surface area contributed by atoms with Crippen LogP contribution in [0.2, 0.25) is 0 Å². The van der Waals surface area contributed by atoms with Crippen LogP contribution >= 0.6 is 0 Å². The highest BCUT2D eigenvalue weighted by molar-refractivity contribution is 6.00. The van der Waals surface area contributed by atoms with Crippen molar-refractivity contribution in [3.63, 3.8) is 0 Å². The van der Waals surface area contributed by atoms with Crippen molar-refractivity contribution in [3.8, 4) is 0 Å². The summed E-state index contributed by atoms with van der Waals surface area (Å²) in [5.41, 5.74) is 2.59. The molecule has 0 aliphatic carbocycles. The van der Waals surface area contributed by atoms with Crippen LogP contribution in [-0.4, -0.2) is 49.1 Å². The Morgan fingerprint density at radius 1 is 0.828 bits per heavy atom. The van der Waals surface area contributed by atoms with Gasteiger partial charge in [0.1, 0.15) is 0 Å². The number of piperidine rings is 1. The molecular formula is C23H28N4O2. The summed E-state index contributed by atoms with van der Waals surface area (Å²) >= 11 is 0. The molecule has 29 heavy (non-hydrogen) atoms. The summed E-state index contributed by atoms with van der Waals surface area (Å²) in [5, 5.41) is 5.94. The second-order valence-electron chi connectivity index (χ2n) is 7.74. The number of benzene rings is 2. The quantitative estimate of drug-likeness (QED) is 0.834. The second-order valence-corrected chi connectivity index (χ2v) is 7.74. The van der Waals surface area contributed by atoms with Gasteiger partial charge in [-0.2, -0.15) is 0 Å². The maximum absolute atomic E-state index is 12.9. The maximum Gasteiger partial charge on any atom is 0.319 e. The third-order valence-electron chi connectivity index (χ3n) is 5.73. The van der Waals surface area contributed by atoms with Gasteiger partial charge in [-0.05, 0) is 49.9 Å². The van der Waals surface area contributed by atoms with Crippen molar-refractivity contribution in [2.75, 3.05) is 36.4 Å². The van der Waals surface area contributed by atoms with Crippen molar-refractivity contribution in [1.82, 2.24) is 10.2 Å². The van der Waals surface area contributed by atoms with Crippen molar-refractivity contribution in [1.29, 1.82) is 0 Å². The lowest BCUT2D eigenvalue weighted by molar-refractivity contribution is 0.0793. The fraction of sp³-hybridized carbons (Fsp3) is 0.391. The number of para-hydroxylation sites is 2. The Kier molecular flexibility index (Phi) is 5.98. The Labute approximate surface area is 171 Å². The summed E-state index contributed by atoms with van der Waals surface area (Å²) in [6.07, 6.45) is 3.90. The number of rotatable bonds is 4. The molecule has 6 nitrogen and oxygen atoms in total. The first kappa shape index (κ1) is 19.3. The average Bonchev–Trinajstić information content (AvgIpc) is 3.29. The number of hydrogen-bond donors (Lipinski definition) is 2. The number of likely N-dealkylation sites (tertiary alicyclic amines) is 1. The van der Waals surface area contributed by atoms with E-state index in [1.807, 2.05) is 59.5 Å². The van der Waals surface area contributed by atoms with E-state index in [1.54, 1.807) is 0 Å². The van der Waals surface area contributed by atoms with Gasteiger partial charge in [0.05, 0.1) is 5.56 Å². The van der Waals surface area contributed by atoms with Gasteiger partial charge in [0.25, 0.3) is 5.91 Å². The van der Waals surface area contributed by atoms with Gasteiger partial charge >= 0.3 is 6.03 Å². The summed E-state index contributed by atoms with van der Waals surface area (Å²) in [5.74, 6) is 0.139. The molecule has 2 aliphatic heterocycles. The van der Waals surface area contributed by atoms with Gasteiger partial charge in [0.2, 0.25) is 0 Å². The first-order valence-electron chi connectivity index (χ1n) is 10.5. The molecule has 2 fully saturated rings. The van der Waals surface area contributed by atoms with E-state index < -0.39 is 0 Å². The standard InChI is InChI=1S/C23H28N4O2/c28-22(27-14-6-7-15-27)20-10-4-5-11-21(20)26-16-12-19(13-17-26)25-23(29)24-18-8-2-1-3-9-18/h1-5,8-11,19H,6-7,12-17H2,(H2,24,25,29). The molecule has 0 spiro atoms. The molecule has 2 aromatic carbocycles. The zero-order chi connectivity index (χ0) is 20.1. The minimum absolute atomic E-state index is 0.136. The van der Waals surface area contributed by atoms with E-state index in [9.17, 15) is 9.59 Å². The second kappa shape index (κ2) is 8.99. The van der Waals surface area contributed by atoms with Gasteiger partial charge in [-0.15, -0.1) is 0 Å². The minimum Gasteiger partial charge on any atom is -0.371 e. The summed E-state index contributed by atoms with van der Waals surface area (Å²) in [6, 6.07) is 17.3. The third-order valence-corrected chi connectivity index (χ3v) is 5.73. The van der Waals surface area contributed by atoms with Crippen molar-refractivity contribution in [3.05, 3.63) is 60.2 Å². The highest BCUT2D eigenvalue weighted by Crippen LogP contribution is 2.26. The third kappa shape index (κ3) is 4.70. The van der Waals surface area contributed by atoms with Crippen LogP contribution in [0.3, 0.4) is 0 Å². The van der Waals surface area contributed by atoms with E-state index in [0.29, 0.717) is 0 Å². The lowest BCUT2D eigenvalue weighted by atomic mass is 10.0. The maximum atomic E-state index is 12.9. The van der Waals surface area contributed by atoms with E-state index in [2.05, 4.69) is 15.5 Å². The van der Waals surface area contributed by atoms with Gasteiger partial charge in [-0.3, -0.25) is 4.79 Å². The highest BCUT2D eigenvalue weighted by Gasteiger charge is 2.26. The minimum atomic E-state index is -0.167. The number of carbonyl (C=O) groups is 2. The molecule has 0 bridgehead atoms. The van der Waals surface area contributed by atoms with E-state index in [1.165, 1.54) is 0 Å². The Morgan fingerprint density at radius 2 is 1.48 bits per heavy atom. The van der Waals surface area contributed by atoms with Crippen LogP contribution in [0.1, 0.15) is 36.0 Å². The Bertz CT molecular complexity index is 841. The number of anilines is 2. The summed E-state index contributed by atoms with van der Waals surface area (Å²) in [6.45, 7) is 3.35. The van der Waals surface area contributed by atoms with Crippen LogP contribution in [0.5, 0.6) is 0 Å². The molecule has 2 aromatic rings. The summed E-state index contributed by atoms with van der Waals surface area (Å²) < 4.78 is 0. The molecule has 2 heterocycles. The van der Waals surface area contributed by atoms with Crippen molar-refractivity contribution in [2.45, 2.75) is 31.7 Å². The van der Waals surface area contributed by atoms with Gasteiger partial charge in [0, 0.05) is 43.6 Å². The van der Waals surface area contributed by atoms with Crippen molar-refractivity contribution >= 4 is 23.3 Å². The topological polar surface area (TPSA) is 64.7 Å². The molecule has 0 saturated carbocycles. The zero-order valence-corrected chi connectivity index (χ0v) is 16.6. The number of urea groups is 1. The predicted octanol–water partition coefficient (Wildman–Crippen LogP) is 3.71. The van der Waals surface area contributed by atoms with Crippen LogP contribution in [0.15, 0.2) is 54.6 Å². The van der Waals surface area contributed by atoms with Crippen LogP contribution in [0.25, 0.3) is 0 Å². The van der Waals surface area contributed by atoms with Crippen LogP contribution < -0.4 is 15.5 Å². The molecule has 2 aliphatic rings. The molecule has 0 unspecified atom stereocenters. The van der Waals surface area contributed by atoms with E-state index in [-0.39, 0.29) is 18.0 Å². The first-order chi connectivity index (χ1) is 14.2. The normalized spacial score (nSPS) is 17.2. The van der Waals surface area contributed by atoms with Gasteiger partial charge in [-0.25, -0.2) is 4.79 Å². The molecule has 0 radical (unpaired) electrons. The van der Waals surface area contributed by atoms with Crippen LogP contribution in [-0.2, 0) is 0 Å². The molecule has 0 aromatic heterocycles. The van der Waals surface area contributed by atoms with Crippen molar-refractivity contribution < 1.29 is 9.59 Å². The summed E-state index contributed by atoms with van der Waals surface area (Å²) in [7, 11) is 0. The van der Waals surface area contributed by atoms with E-state index in [0.717, 1.165) is 68.8 Å². The first-order valence-corrected chi connectivity index (χ1v) is 10.5. The summed E-state index contributed by atoms with van der Waals surface area (Å²) in [4.78, 5) is 29.4. The molecule has 152 valence electrons. The molecular weight excluding hydrogens is 364 g/mol. The fourth-order valence-electron chi connectivity index (χ4n) is 4.16. The number of amides is 3. The van der Waals surface area contributed by atoms with Gasteiger partial charge in [0.15, 0.2) is 0 Å². The number of nitrogens with zero attached hydrogens (tertiary/aromatic N) is 2. The average molecular weight is 393 g/mol. The zero-order valence-electron chi connectivity index (χ0n) is 16.6. The molecule has 6 heteroatoms.